The lowest BCUT2D eigenvalue weighted by molar-refractivity contribution is -0.130. The summed E-state index contributed by atoms with van der Waals surface area (Å²) in [7, 11) is 0. The highest BCUT2D eigenvalue weighted by molar-refractivity contribution is 5.88. The van der Waals surface area contributed by atoms with E-state index in [-0.39, 0.29) is 12.5 Å². The lowest BCUT2D eigenvalue weighted by Gasteiger charge is -2.02. The number of hydrogen-bond donors (Lipinski definition) is 1. The summed E-state index contributed by atoms with van der Waals surface area (Å²) in [5, 5.41) is 2.59. The summed E-state index contributed by atoms with van der Waals surface area (Å²) >= 11 is 0. The van der Waals surface area contributed by atoms with Crippen LogP contribution in [0.1, 0.15) is 12.7 Å². The number of carbonyl (C=O) groups excluding carboxylic acids is 2. The molecule has 6 heteroatoms. The first-order valence-corrected chi connectivity index (χ1v) is 5.57. The number of ether oxygens (including phenoxy) is 1. The van der Waals surface area contributed by atoms with Gasteiger partial charge in [0, 0.05) is 18.7 Å². The number of nitrogens with zero attached hydrogens (tertiary/aromatic N) is 1. The van der Waals surface area contributed by atoms with E-state index in [9.17, 15) is 9.59 Å². The molecule has 0 saturated heterocycles. The predicted octanol–water partition coefficient (Wildman–Crippen LogP) is 1.97. The van der Waals surface area contributed by atoms with Crippen molar-refractivity contribution in [3.8, 4) is 11.3 Å². The Hall–Kier alpha value is -2.63. The molecule has 98 valence electrons. The van der Waals surface area contributed by atoms with Crippen LogP contribution in [0.25, 0.3) is 11.3 Å². The molecule has 0 atom stereocenters. The number of rotatable bonds is 5. The molecule has 0 aromatic carbocycles. The molecule has 0 radical (unpaired) electrons. The zero-order chi connectivity index (χ0) is 13.7. The van der Waals surface area contributed by atoms with Crippen molar-refractivity contribution in [3.05, 3.63) is 36.2 Å². The molecular formula is C13H12N2O4. The zero-order valence-electron chi connectivity index (χ0n) is 10.3. The maximum atomic E-state index is 11.0. The first-order valence-electron chi connectivity index (χ1n) is 5.57. The van der Waals surface area contributed by atoms with Crippen molar-refractivity contribution in [2.24, 2.45) is 0 Å². The molecule has 0 bridgehead atoms. The summed E-state index contributed by atoms with van der Waals surface area (Å²) in [5.74, 6) is 1.41. The molecule has 2 aromatic heterocycles. The molecule has 2 rings (SSSR count). The van der Waals surface area contributed by atoms with E-state index in [1.165, 1.54) is 6.92 Å². The number of carbonyl (C=O) groups is 2. The molecule has 1 amide bonds. The van der Waals surface area contributed by atoms with Gasteiger partial charge in [-0.25, -0.2) is 4.98 Å². The summed E-state index contributed by atoms with van der Waals surface area (Å²) in [5.41, 5.74) is 0.774. The average molecular weight is 260 g/mol. The number of furan rings is 1. The van der Waals surface area contributed by atoms with E-state index in [0.29, 0.717) is 23.8 Å². The normalized spacial score (nSPS) is 9.95. The zero-order valence-corrected chi connectivity index (χ0v) is 10.3. The highest BCUT2D eigenvalue weighted by Gasteiger charge is 2.07. The second kappa shape index (κ2) is 5.81. The van der Waals surface area contributed by atoms with Crippen molar-refractivity contribution in [3.63, 3.8) is 0 Å². The van der Waals surface area contributed by atoms with Crippen LogP contribution in [-0.4, -0.2) is 17.4 Å². The average Bonchev–Trinajstić information content (AvgIpc) is 2.84. The summed E-state index contributed by atoms with van der Waals surface area (Å²) in [6, 6.07) is 6.94. The maximum Gasteiger partial charge on any atom is 0.293 e. The highest BCUT2D eigenvalue weighted by Crippen LogP contribution is 2.23. The Morgan fingerprint density at radius 2 is 2.32 bits per heavy atom. The van der Waals surface area contributed by atoms with E-state index < -0.39 is 0 Å². The second-order valence-corrected chi connectivity index (χ2v) is 3.78. The monoisotopic (exact) mass is 260 g/mol. The molecule has 6 nitrogen and oxygen atoms in total. The third kappa shape index (κ3) is 3.41. The summed E-state index contributed by atoms with van der Waals surface area (Å²) in [6.45, 7) is 1.87. The van der Waals surface area contributed by atoms with Gasteiger partial charge < -0.3 is 14.5 Å². The Labute approximate surface area is 109 Å². The van der Waals surface area contributed by atoms with Crippen molar-refractivity contribution in [2.75, 3.05) is 5.32 Å². The number of aromatic nitrogens is 1. The van der Waals surface area contributed by atoms with Gasteiger partial charge in [-0.15, -0.1) is 0 Å². The van der Waals surface area contributed by atoms with Crippen LogP contribution >= 0.6 is 0 Å². The number of pyridine rings is 1. The Bertz CT molecular complexity index is 592. The van der Waals surface area contributed by atoms with Crippen LogP contribution in [0.5, 0.6) is 0 Å². The first kappa shape index (κ1) is 12.8. The highest BCUT2D eigenvalue weighted by atomic mass is 16.5. The Morgan fingerprint density at radius 3 is 3.05 bits per heavy atom. The molecule has 2 aromatic rings. The van der Waals surface area contributed by atoms with Gasteiger partial charge in [-0.2, -0.15) is 0 Å². The third-order valence-corrected chi connectivity index (χ3v) is 2.30. The van der Waals surface area contributed by atoms with Crippen molar-refractivity contribution < 1.29 is 18.7 Å². The molecule has 0 fully saturated rings. The summed E-state index contributed by atoms with van der Waals surface area (Å²) in [4.78, 5) is 25.1. The minimum absolute atomic E-state index is 0.0904. The Morgan fingerprint density at radius 1 is 1.47 bits per heavy atom. The van der Waals surface area contributed by atoms with Crippen LogP contribution in [0.15, 0.2) is 34.9 Å². The SMILES string of the molecule is CC(=O)Nc1cc(-c2ccc(COC=O)o2)ccn1. The smallest absolute Gasteiger partial charge is 0.293 e. The number of anilines is 1. The van der Waals surface area contributed by atoms with Gasteiger partial charge in [0.25, 0.3) is 6.47 Å². The van der Waals surface area contributed by atoms with Gasteiger partial charge in [-0.05, 0) is 24.3 Å². The minimum atomic E-state index is -0.191. The number of hydrogen-bond acceptors (Lipinski definition) is 5. The quantitative estimate of drug-likeness (QED) is 0.831. The molecule has 2 heterocycles. The molecule has 0 aliphatic rings. The van der Waals surface area contributed by atoms with Crippen LogP contribution in [0.2, 0.25) is 0 Å². The molecule has 0 unspecified atom stereocenters. The largest absolute Gasteiger partial charge is 0.460 e. The third-order valence-electron chi connectivity index (χ3n) is 2.30. The van der Waals surface area contributed by atoms with E-state index in [4.69, 9.17) is 4.42 Å². The van der Waals surface area contributed by atoms with Crippen molar-refractivity contribution in [2.45, 2.75) is 13.5 Å². The summed E-state index contributed by atoms with van der Waals surface area (Å²) in [6.07, 6.45) is 1.57. The standard InChI is InChI=1S/C13H12N2O4/c1-9(17)15-13-6-10(4-5-14-13)12-3-2-11(19-12)7-18-8-16/h2-6,8H,7H2,1H3,(H,14,15,17). The van der Waals surface area contributed by atoms with Crippen LogP contribution in [0.4, 0.5) is 5.82 Å². The molecule has 0 aliphatic carbocycles. The van der Waals surface area contributed by atoms with Gasteiger partial charge in [0.1, 0.15) is 23.9 Å². The first-order chi connectivity index (χ1) is 9.19. The Kier molecular flexibility index (Phi) is 3.92. The predicted molar refractivity (Wildman–Crippen MR) is 67.1 cm³/mol. The van der Waals surface area contributed by atoms with E-state index in [1.807, 2.05) is 0 Å². The molecule has 1 N–H and O–H groups in total. The van der Waals surface area contributed by atoms with Crippen molar-refractivity contribution >= 4 is 18.2 Å². The molecular weight excluding hydrogens is 248 g/mol. The Balaban J connectivity index is 2.18. The lowest BCUT2D eigenvalue weighted by Crippen LogP contribution is -2.07. The fourth-order valence-electron chi connectivity index (χ4n) is 1.56. The van der Waals surface area contributed by atoms with Crippen LogP contribution < -0.4 is 5.32 Å². The topological polar surface area (TPSA) is 81.4 Å². The van der Waals surface area contributed by atoms with Crippen LogP contribution in [0.3, 0.4) is 0 Å². The van der Waals surface area contributed by atoms with Gasteiger partial charge in [0.15, 0.2) is 0 Å². The van der Waals surface area contributed by atoms with Gasteiger partial charge in [0.05, 0.1) is 0 Å². The van der Waals surface area contributed by atoms with Crippen molar-refractivity contribution in [1.29, 1.82) is 0 Å². The fourth-order valence-corrected chi connectivity index (χ4v) is 1.56. The van der Waals surface area contributed by atoms with Gasteiger partial charge in [-0.3, -0.25) is 9.59 Å². The van der Waals surface area contributed by atoms with Gasteiger partial charge in [0.2, 0.25) is 5.91 Å². The summed E-state index contributed by atoms with van der Waals surface area (Å²) < 4.78 is 10.1. The fraction of sp³-hybridized carbons (Fsp3) is 0.154. The van der Waals surface area contributed by atoms with Gasteiger partial charge >= 0.3 is 0 Å². The minimum Gasteiger partial charge on any atom is -0.460 e. The molecule has 0 saturated carbocycles. The van der Waals surface area contributed by atoms with Crippen LogP contribution in [0, 0.1) is 0 Å². The maximum absolute atomic E-state index is 11.0. The van der Waals surface area contributed by atoms with Crippen molar-refractivity contribution in [1.82, 2.24) is 4.98 Å². The van der Waals surface area contributed by atoms with Crippen LogP contribution in [-0.2, 0) is 20.9 Å². The lowest BCUT2D eigenvalue weighted by atomic mass is 10.2. The molecule has 0 aliphatic heterocycles. The van der Waals surface area contributed by atoms with Gasteiger partial charge in [-0.1, -0.05) is 0 Å². The molecule has 19 heavy (non-hydrogen) atoms. The van der Waals surface area contributed by atoms with E-state index in [0.717, 1.165) is 5.56 Å². The molecule has 0 spiro atoms. The van der Waals surface area contributed by atoms with E-state index in [2.05, 4.69) is 15.0 Å². The number of amides is 1. The van der Waals surface area contributed by atoms with E-state index in [1.54, 1.807) is 30.5 Å². The van der Waals surface area contributed by atoms with E-state index >= 15 is 0 Å². The number of nitrogens with one attached hydrogen (secondary N) is 1. The second-order valence-electron chi connectivity index (χ2n) is 3.78.